The number of aliphatic carboxylic acids is 1. The highest BCUT2D eigenvalue weighted by molar-refractivity contribution is 6.17. The van der Waals surface area contributed by atoms with E-state index in [2.05, 4.69) is 197 Å². The van der Waals surface area contributed by atoms with Crippen molar-refractivity contribution in [2.45, 2.75) is 12.5 Å². The lowest BCUT2D eigenvalue weighted by atomic mass is 9.93. The highest BCUT2D eigenvalue weighted by Gasteiger charge is 2.25. The van der Waals surface area contributed by atoms with Gasteiger partial charge in [-0.2, -0.15) is 0 Å². The Morgan fingerprint density at radius 1 is 0.362 bits per heavy atom. The van der Waals surface area contributed by atoms with Crippen molar-refractivity contribution in [2.75, 3.05) is 27.7 Å². The number of benzene rings is 14. The number of fused-ring (bicyclic) bond motifs is 13. The minimum Gasteiger partial charge on any atom is -0.483 e. The average Bonchev–Trinajstić information content (AvgIpc) is 3.31. The van der Waals surface area contributed by atoms with E-state index in [0.29, 0.717) is 11.0 Å². The SMILES string of the molecule is C[N+](C)(C)C[C@@H](CC(=O)O)Oc1c2ccccc2cc2cc3cc4cc5cc6cc7cc8cc9cc%10cc%11cc%12cc%13ccccc%13cc%12cc%11cc%10cc9cc8cc7cc6cc5cc4cc3cc12. The molecule has 0 spiro atoms. The van der Waals surface area contributed by atoms with Gasteiger partial charge in [0.15, 0.2) is 6.10 Å². The molecule has 1 atom stereocenters. The van der Waals surface area contributed by atoms with E-state index >= 15 is 0 Å². The van der Waals surface area contributed by atoms with Crippen LogP contribution in [0.15, 0.2) is 188 Å². The normalized spacial score (nSPS) is 13.0. The molecule has 1 N–H and O–H groups in total. The van der Waals surface area contributed by atoms with E-state index in [1.165, 1.54) is 108 Å². The molecule has 0 fully saturated rings. The molecule has 0 heterocycles. The van der Waals surface area contributed by atoms with Crippen LogP contribution in [0.5, 0.6) is 5.75 Å². The zero-order valence-corrected chi connectivity index (χ0v) is 38.6. The second kappa shape index (κ2) is 14.6. The molecule has 4 heteroatoms. The minimum absolute atomic E-state index is 0.0733. The van der Waals surface area contributed by atoms with Crippen molar-refractivity contribution in [1.29, 1.82) is 0 Å². The molecule has 0 aliphatic rings. The third-order valence-corrected chi connectivity index (χ3v) is 14.7. The number of carboxylic acid groups (broad SMARTS) is 1. The molecule has 0 saturated heterocycles. The summed E-state index contributed by atoms with van der Waals surface area (Å²) in [7, 11) is 6.21. The van der Waals surface area contributed by atoms with Crippen molar-refractivity contribution in [3.8, 4) is 5.75 Å². The highest BCUT2D eigenvalue weighted by atomic mass is 16.5. The molecule has 14 rings (SSSR count). The first-order valence-electron chi connectivity index (χ1n) is 23.9. The molecule has 0 aliphatic heterocycles. The fourth-order valence-corrected chi connectivity index (χ4v) is 11.5. The molecule has 0 aromatic heterocycles. The molecule has 0 radical (unpaired) electrons. The van der Waals surface area contributed by atoms with Gasteiger partial charge in [0.05, 0.1) is 27.6 Å². The number of quaternary nitrogens is 1. The van der Waals surface area contributed by atoms with E-state index in [1.54, 1.807) is 0 Å². The lowest BCUT2D eigenvalue weighted by molar-refractivity contribution is -0.873. The molecule has 14 aromatic rings. The van der Waals surface area contributed by atoms with Gasteiger partial charge < -0.3 is 14.3 Å². The van der Waals surface area contributed by atoms with Crippen LogP contribution in [0.1, 0.15) is 6.42 Å². The Morgan fingerprint density at radius 3 is 0.942 bits per heavy atom. The van der Waals surface area contributed by atoms with Crippen molar-refractivity contribution in [1.82, 2.24) is 0 Å². The van der Waals surface area contributed by atoms with Crippen LogP contribution in [0.3, 0.4) is 0 Å². The lowest BCUT2D eigenvalue weighted by Crippen LogP contribution is -2.44. The zero-order valence-electron chi connectivity index (χ0n) is 38.6. The number of hydrogen-bond donors (Lipinski definition) is 1. The molecule has 328 valence electrons. The maximum atomic E-state index is 12.0. The van der Waals surface area contributed by atoms with Gasteiger partial charge in [-0.25, -0.2) is 0 Å². The summed E-state index contributed by atoms with van der Waals surface area (Å²) in [6.45, 7) is 0.562. The quantitative estimate of drug-likeness (QED) is 0.134. The summed E-state index contributed by atoms with van der Waals surface area (Å²) in [5.74, 6) is -0.120. The largest absolute Gasteiger partial charge is 0.483 e. The van der Waals surface area contributed by atoms with E-state index < -0.39 is 12.1 Å². The van der Waals surface area contributed by atoms with E-state index in [4.69, 9.17) is 4.74 Å². The Morgan fingerprint density at radius 2 is 0.623 bits per heavy atom. The summed E-state index contributed by atoms with van der Waals surface area (Å²) in [5.41, 5.74) is 0. The third-order valence-electron chi connectivity index (χ3n) is 14.7. The summed E-state index contributed by atoms with van der Waals surface area (Å²) >= 11 is 0. The number of ether oxygens (including phenoxy) is 1. The number of carbonyl (C=O) groups is 1. The molecule has 0 aliphatic carbocycles. The van der Waals surface area contributed by atoms with Gasteiger partial charge in [0, 0.05) is 10.8 Å². The van der Waals surface area contributed by atoms with Crippen LogP contribution < -0.4 is 4.74 Å². The Labute approximate surface area is 397 Å². The number of likely N-dealkylation sites (N-methyl/N-ethyl adjacent to an activating group) is 1. The second-order valence-corrected chi connectivity index (χ2v) is 20.7. The zero-order chi connectivity index (χ0) is 46.3. The van der Waals surface area contributed by atoms with Gasteiger partial charge in [-0.15, -0.1) is 0 Å². The maximum Gasteiger partial charge on any atom is 0.307 e. The van der Waals surface area contributed by atoms with Crippen molar-refractivity contribution in [2.24, 2.45) is 0 Å². The molecular weight excluding hydrogens is 843 g/mol. The fourth-order valence-electron chi connectivity index (χ4n) is 11.5. The Balaban J connectivity index is 0.864. The van der Waals surface area contributed by atoms with Crippen molar-refractivity contribution in [3.63, 3.8) is 0 Å². The smallest absolute Gasteiger partial charge is 0.307 e. The average molecular weight is 889 g/mol. The van der Waals surface area contributed by atoms with Crippen LogP contribution in [0.4, 0.5) is 0 Å². The monoisotopic (exact) mass is 888 g/mol. The molecule has 0 unspecified atom stereocenters. The van der Waals surface area contributed by atoms with Crippen LogP contribution in [-0.2, 0) is 4.79 Å². The van der Waals surface area contributed by atoms with Gasteiger partial charge in [-0.1, -0.05) is 48.5 Å². The first-order chi connectivity index (χ1) is 33.5. The maximum absolute atomic E-state index is 12.0. The highest BCUT2D eigenvalue weighted by Crippen LogP contribution is 2.41. The number of hydrogen-bond acceptors (Lipinski definition) is 2. The molecule has 4 nitrogen and oxygen atoms in total. The van der Waals surface area contributed by atoms with Gasteiger partial charge in [0.1, 0.15) is 12.3 Å². The number of carboxylic acids is 1. The van der Waals surface area contributed by atoms with E-state index in [1.807, 2.05) is 12.1 Å². The fraction of sp³-hybridized carbons (Fsp3) is 0.0923. The molecule has 14 aromatic carbocycles. The van der Waals surface area contributed by atoms with Gasteiger partial charge in [0.25, 0.3) is 0 Å². The van der Waals surface area contributed by atoms with E-state index in [0.717, 1.165) is 38.1 Å². The molecule has 0 saturated carbocycles. The summed E-state index contributed by atoms with van der Waals surface area (Å²) in [4.78, 5) is 12.0. The predicted octanol–water partition coefficient (Wildman–Crippen LogP) is 16.6. The van der Waals surface area contributed by atoms with Crippen LogP contribution >= 0.6 is 0 Å². The molecule has 0 amide bonds. The van der Waals surface area contributed by atoms with Crippen LogP contribution in [-0.4, -0.2) is 49.4 Å². The Hall–Kier alpha value is -8.31. The topological polar surface area (TPSA) is 46.5 Å². The first kappa shape index (κ1) is 39.8. The third kappa shape index (κ3) is 6.82. The number of rotatable bonds is 6. The number of nitrogens with zero attached hydrogens (tertiary/aromatic N) is 1. The molecular formula is C65H46NO3+. The molecule has 0 bridgehead atoms. The van der Waals surface area contributed by atoms with Crippen LogP contribution in [0.25, 0.3) is 140 Å². The molecule has 69 heavy (non-hydrogen) atoms. The van der Waals surface area contributed by atoms with Gasteiger partial charge in [-0.05, 0) is 269 Å². The van der Waals surface area contributed by atoms with Gasteiger partial charge >= 0.3 is 5.97 Å². The van der Waals surface area contributed by atoms with Crippen molar-refractivity contribution >= 4 is 146 Å². The summed E-state index contributed by atoms with van der Waals surface area (Å²) in [6, 6.07) is 70.4. The van der Waals surface area contributed by atoms with Gasteiger partial charge in [0.2, 0.25) is 0 Å². The van der Waals surface area contributed by atoms with Gasteiger partial charge in [-0.3, -0.25) is 4.79 Å². The van der Waals surface area contributed by atoms with Crippen LogP contribution in [0, 0.1) is 0 Å². The summed E-state index contributed by atoms with van der Waals surface area (Å²) < 4.78 is 7.38. The standard InChI is InChI=1S/C65H45NO3/c1-66(2,3)36-61(35-64(67)68)69-65-62-11-7-6-10-39(62)14-60-33-58-31-56-29-54-27-52-25-50-23-48-21-46-19-44-17-42-15-40-12-37-8-4-5-9-38(37)13-41(40)16-43(42)18-45(44)20-47(46)22-49(48)24-51(50)26-53(52)28-55(54)30-57(56)32-59(58)34-63(60)65/h4-34,61H,35-36H2,1-3H3/p+1/t61-/m1/s1. The minimum atomic E-state index is -0.864. The summed E-state index contributed by atoms with van der Waals surface area (Å²) in [6.07, 6.45) is -0.567. The second-order valence-electron chi connectivity index (χ2n) is 20.7. The first-order valence-corrected chi connectivity index (χ1v) is 23.9. The summed E-state index contributed by atoms with van der Waals surface area (Å²) in [5, 5.41) is 41.1. The van der Waals surface area contributed by atoms with E-state index in [-0.39, 0.29) is 6.42 Å². The van der Waals surface area contributed by atoms with Crippen molar-refractivity contribution < 1.29 is 19.1 Å². The van der Waals surface area contributed by atoms with Crippen LogP contribution in [0.2, 0.25) is 0 Å². The van der Waals surface area contributed by atoms with E-state index in [9.17, 15) is 9.90 Å². The lowest BCUT2D eigenvalue weighted by Gasteiger charge is -2.29. The predicted molar refractivity (Wildman–Crippen MR) is 294 cm³/mol. The Bertz CT molecular complexity index is 4600. The van der Waals surface area contributed by atoms with Crippen molar-refractivity contribution in [3.05, 3.63) is 188 Å². The Kier molecular flexibility index (Phi) is 8.42.